The van der Waals surface area contributed by atoms with Crippen LogP contribution in [0.2, 0.25) is 0 Å². The molecular formula is C4H10BrN. The highest BCUT2D eigenvalue weighted by Crippen LogP contribution is 1.82. The average molecular weight is 152 g/mol. The zero-order valence-electron chi connectivity index (χ0n) is 4.00. The number of unbranched alkanes of at least 4 members (excludes halogenated alkanes) is 1. The lowest BCUT2D eigenvalue weighted by molar-refractivity contribution is 0.782. The van der Waals surface area contributed by atoms with Crippen LogP contribution in [-0.4, -0.2) is 6.54 Å². The fraction of sp³-hybridized carbons (Fsp3) is 1.00. The Kier molecular flexibility index (Phi) is 5.84. The van der Waals surface area contributed by atoms with Crippen molar-refractivity contribution >= 4 is 16.1 Å². The molecule has 0 aromatic carbocycles. The Morgan fingerprint density at radius 1 is 1.67 bits per heavy atom. The van der Waals surface area contributed by atoms with Gasteiger partial charge in [0.15, 0.2) is 0 Å². The maximum atomic E-state index is 3.10. The Hall–Kier alpha value is 0.440. The van der Waals surface area contributed by atoms with E-state index in [2.05, 4.69) is 27.4 Å². The van der Waals surface area contributed by atoms with Crippen molar-refractivity contribution in [2.75, 3.05) is 6.54 Å². The number of hydrogen-bond acceptors (Lipinski definition) is 1. The molecule has 0 amide bonds. The molecule has 0 aliphatic carbocycles. The van der Waals surface area contributed by atoms with E-state index >= 15 is 0 Å². The monoisotopic (exact) mass is 151 g/mol. The molecule has 0 fully saturated rings. The first-order valence-electron chi connectivity index (χ1n) is 2.25. The molecule has 38 valence electrons. The van der Waals surface area contributed by atoms with Crippen LogP contribution in [0.25, 0.3) is 0 Å². The summed E-state index contributed by atoms with van der Waals surface area (Å²) in [4.78, 5) is 0. The number of hydrogen-bond donors (Lipinski definition) is 1. The molecule has 0 radical (unpaired) electrons. The van der Waals surface area contributed by atoms with Crippen LogP contribution >= 0.6 is 16.1 Å². The van der Waals surface area contributed by atoms with E-state index in [0.29, 0.717) is 0 Å². The average Bonchev–Trinajstić information content (AvgIpc) is 1.61. The minimum atomic E-state index is 1.08. The highest BCUT2D eigenvalue weighted by molar-refractivity contribution is 9.08. The number of rotatable bonds is 3. The van der Waals surface area contributed by atoms with Crippen LogP contribution in [0.3, 0.4) is 0 Å². The van der Waals surface area contributed by atoms with Crippen LogP contribution in [0, 0.1) is 0 Å². The molecule has 0 aliphatic heterocycles. The molecule has 1 nitrogen and oxygen atoms in total. The molecule has 1 N–H and O–H groups in total. The fourth-order valence-electron chi connectivity index (χ4n) is 0.244. The summed E-state index contributed by atoms with van der Waals surface area (Å²) in [7, 11) is 0. The van der Waals surface area contributed by atoms with Crippen LogP contribution in [0.4, 0.5) is 0 Å². The van der Waals surface area contributed by atoms with Gasteiger partial charge in [0.1, 0.15) is 0 Å². The van der Waals surface area contributed by atoms with Gasteiger partial charge in [-0.05, 0) is 6.42 Å². The molecule has 0 aromatic heterocycles. The lowest BCUT2D eigenvalue weighted by Gasteiger charge is -1.87. The first-order valence-corrected chi connectivity index (χ1v) is 3.04. The van der Waals surface area contributed by atoms with Gasteiger partial charge in [-0.25, -0.2) is 0 Å². The molecule has 0 saturated carbocycles. The summed E-state index contributed by atoms with van der Waals surface area (Å²) in [6.45, 7) is 3.25. The number of nitrogens with one attached hydrogen (secondary N) is 1. The molecule has 0 atom stereocenters. The van der Waals surface area contributed by atoms with Gasteiger partial charge in [0.2, 0.25) is 0 Å². The maximum Gasteiger partial charge on any atom is 0.00875 e. The van der Waals surface area contributed by atoms with E-state index in [1.54, 1.807) is 0 Å². The Morgan fingerprint density at radius 2 is 2.33 bits per heavy atom. The van der Waals surface area contributed by atoms with E-state index in [0.717, 1.165) is 6.54 Å². The summed E-state index contributed by atoms with van der Waals surface area (Å²) in [5, 5.41) is 0. The smallest absolute Gasteiger partial charge is 0.00875 e. The minimum Gasteiger partial charge on any atom is -0.256 e. The second-order valence-electron chi connectivity index (χ2n) is 1.24. The van der Waals surface area contributed by atoms with Gasteiger partial charge in [0.25, 0.3) is 0 Å². The van der Waals surface area contributed by atoms with Gasteiger partial charge in [-0.2, -0.15) is 0 Å². The van der Waals surface area contributed by atoms with Crippen molar-refractivity contribution in [2.45, 2.75) is 19.8 Å². The standard InChI is InChI=1S/C4H10BrN/c1-2-3-4-6-5/h6H,2-4H2,1H3. The van der Waals surface area contributed by atoms with Crippen LogP contribution in [0.5, 0.6) is 0 Å². The molecule has 0 unspecified atom stereocenters. The fourth-order valence-corrected chi connectivity index (χ4v) is 0.524. The normalized spacial score (nSPS) is 9.00. The van der Waals surface area contributed by atoms with Crippen LogP contribution in [0.15, 0.2) is 0 Å². The van der Waals surface area contributed by atoms with Crippen molar-refractivity contribution in [2.24, 2.45) is 0 Å². The second-order valence-corrected chi connectivity index (χ2v) is 1.80. The van der Waals surface area contributed by atoms with E-state index in [1.165, 1.54) is 12.8 Å². The summed E-state index contributed by atoms with van der Waals surface area (Å²) in [6.07, 6.45) is 2.52. The lowest BCUT2D eigenvalue weighted by atomic mass is 10.3. The van der Waals surface area contributed by atoms with E-state index in [-0.39, 0.29) is 0 Å². The van der Waals surface area contributed by atoms with E-state index in [9.17, 15) is 0 Å². The van der Waals surface area contributed by atoms with Crippen molar-refractivity contribution < 1.29 is 0 Å². The highest BCUT2D eigenvalue weighted by Gasteiger charge is 1.74. The quantitative estimate of drug-likeness (QED) is 0.479. The van der Waals surface area contributed by atoms with Crippen molar-refractivity contribution in [3.63, 3.8) is 0 Å². The van der Waals surface area contributed by atoms with E-state index in [1.807, 2.05) is 0 Å². The third kappa shape index (κ3) is 4.44. The van der Waals surface area contributed by atoms with Crippen molar-refractivity contribution in [3.8, 4) is 0 Å². The zero-order chi connectivity index (χ0) is 4.83. The molecular weight excluding hydrogens is 142 g/mol. The first-order chi connectivity index (χ1) is 2.91. The van der Waals surface area contributed by atoms with Crippen molar-refractivity contribution in [1.82, 2.24) is 4.34 Å². The molecule has 0 saturated heterocycles. The molecule has 0 heterocycles. The Morgan fingerprint density at radius 3 is 2.50 bits per heavy atom. The largest absolute Gasteiger partial charge is 0.256 e. The summed E-state index contributed by atoms with van der Waals surface area (Å²) >= 11 is 3.10. The van der Waals surface area contributed by atoms with Gasteiger partial charge < -0.3 is 0 Å². The SMILES string of the molecule is CCCCNBr. The molecule has 0 spiro atoms. The van der Waals surface area contributed by atoms with Crippen LogP contribution in [0.1, 0.15) is 19.8 Å². The maximum absolute atomic E-state index is 3.10. The topological polar surface area (TPSA) is 12.0 Å². The molecule has 0 bridgehead atoms. The van der Waals surface area contributed by atoms with Gasteiger partial charge >= 0.3 is 0 Å². The predicted octanol–water partition coefficient (Wildman–Crippen LogP) is 1.69. The molecule has 2 heteroatoms. The lowest BCUT2D eigenvalue weighted by Crippen LogP contribution is -1.97. The van der Waals surface area contributed by atoms with Gasteiger partial charge in [0.05, 0.1) is 0 Å². The zero-order valence-corrected chi connectivity index (χ0v) is 5.59. The first kappa shape index (κ1) is 6.44. The van der Waals surface area contributed by atoms with Crippen LogP contribution < -0.4 is 4.34 Å². The summed E-state index contributed by atoms with van der Waals surface area (Å²) in [5.41, 5.74) is 0. The summed E-state index contributed by atoms with van der Waals surface area (Å²) in [5.74, 6) is 0. The highest BCUT2D eigenvalue weighted by atomic mass is 79.9. The Balaban J connectivity index is 2.34. The van der Waals surface area contributed by atoms with E-state index < -0.39 is 0 Å². The number of halogens is 1. The Labute approximate surface area is 47.5 Å². The van der Waals surface area contributed by atoms with Gasteiger partial charge in [-0.3, -0.25) is 4.34 Å². The molecule has 0 aromatic rings. The van der Waals surface area contributed by atoms with Crippen molar-refractivity contribution in [1.29, 1.82) is 0 Å². The van der Waals surface area contributed by atoms with E-state index in [4.69, 9.17) is 0 Å². The molecule has 0 rings (SSSR count). The van der Waals surface area contributed by atoms with Crippen molar-refractivity contribution in [3.05, 3.63) is 0 Å². The second kappa shape index (κ2) is 5.44. The van der Waals surface area contributed by atoms with Gasteiger partial charge in [-0.1, -0.05) is 13.3 Å². The van der Waals surface area contributed by atoms with Gasteiger partial charge in [0, 0.05) is 22.7 Å². The van der Waals surface area contributed by atoms with Crippen LogP contribution in [-0.2, 0) is 0 Å². The predicted molar refractivity (Wildman–Crippen MR) is 31.8 cm³/mol. The third-order valence-corrected chi connectivity index (χ3v) is 1.02. The molecule has 0 aliphatic rings. The summed E-state index contributed by atoms with van der Waals surface area (Å²) in [6, 6.07) is 0. The third-order valence-electron chi connectivity index (χ3n) is 0.625. The van der Waals surface area contributed by atoms with Gasteiger partial charge in [-0.15, -0.1) is 0 Å². The minimum absolute atomic E-state index is 1.08. The Bertz CT molecular complexity index is 19.5. The summed E-state index contributed by atoms with van der Waals surface area (Å²) < 4.78 is 2.88. The molecule has 6 heavy (non-hydrogen) atoms.